The Morgan fingerprint density at radius 3 is 2.65 bits per heavy atom. The number of rotatable bonds is 6. The lowest BCUT2D eigenvalue weighted by atomic mass is 10.1. The van der Waals surface area contributed by atoms with E-state index in [0.717, 1.165) is 25.0 Å². The SMILES string of the molecule is CCN(C[C@@H]1CCCO1)C(=O)/C=C\c1ccc(C(=O)NC)cc1. The maximum atomic E-state index is 12.3. The second-order valence-electron chi connectivity index (χ2n) is 5.55. The molecule has 1 atom stereocenters. The number of nitrogens with one attached hydrogen (secondary N) is 1. The maximum Gasteiger partial charge on any atom is 0.251 e. The van der Waals surface area contributed by atoms with Crippen LogP contribution in [-0.2, 0) is 9.53 Å². The van der Waals surface area contributed by atoms with Gasteiger partial charge in [-0.25, -0.2) is 0 Å². The highest BCUT2D eigenvalue weighted by molar-refractivity contribution is 5.94. The summed E-state index contributed by atoms with van der Waals surface area (Å²) in [5, 5.41) is 2.58. The van der Waals surface area contributed by atoms with Crippen LogP contribution in [0.4, 0.5) is 0 Å². The van der Waals surface area contributed by atoms with Crippen molar-refractivity contribution in [1.29, 1.82) is 0 Å². The van der Waals surface area contributed by atoms with Gasteiger partial charge >= 0.3 is 0 Å². The van der Waals surface area contributed by atoms with Crippen LogP contribution in [0.1, 0.15) is 35.7 Å². The van der Waals surface area contributed by atoms with Gasteiger partial charge < -0.3 is 15.0 Å². The normalized spacial score (nSPS) is 17.4. The number of carbonyl (C=O) groups excluding carboxylic acids is 2. The zero-order valence-electron chi connectivity index (χ0n) is 13.7. The third kappa shape index (κ3) is 4.93. The smallest absolute Gasteiger partial charge is 0.251 e. The molecule has 1 fully saturated rings. The molecule has 0 spiro atoms. The molecule has 1 aliphatic heterocycles. The average molecular weight is 316 g/mol. The minimum absolute atomic E-state index is 0.0154. The summed E-state index contributed by atoms with van der Waals surface area (Å²) in [6.07, 6.45) is 5.61. The molecule has 0 bridgehead atoms. The van der Waals surface area contributed by atoms with Gasteiger partial charge in [0.15, 0.2) is 0 Å². The summed E-state index contributed by atoms with van der Waals surface area (Å²) < 4.78 is 5.59. The number of nitrogens with zero attached hydrogens (tertiary/aromatic N) is 1. The predicted molar refractivity (Wildman–Crippen MR) is 90.1 cm³/mol. The zero-order chi connectivity index (χ0) is 16.7. The molecule has 5 heteroatoms. The molecule has 2 amide bonds. The molecule has 1 aromatic carbocycles. The van der Waals surface area contributed by atoms with Crippen molar-refractivity contribution in [3.8, 4) is 0 Å². The van der Waals surface area contributed by atoms with E-state index in [9.17, 15) is 9.59 Å². The van der Waals surface area contributed by atoms with E-state index in [2.05, 4.69) is 5.32 Å². The van der Waals surface area contributed by atoms with Crippen LogP contribution in [0.2, 0.25) is 0 Å². The summed E-state index contributed by atoms with van der Waals surface area (Å²) in [5.41, 5.74) is 1.49. The van der Waals surface area contributed by atoms with Crippen LogP contribution in [-0.4, -0.2) is 49.6 Å². The van der Waals surface area contributed by atoms with E-state index in [1.807, 2.05) is 19.1 Å². The Labute approximate surface area is 137 Å². The fourth-order valence-corrected chi connectivity index (χ4v) is 2.57. The van der Waals surface area contributed by atoms with E-state index >= 15 is 0 Å². The summed E-state index contributed by atoms with van der Waals surface area (Å²) in [6.45, 7) is 4.08. The number of ether oxygens (including phenoxy) is 1. The van der Waals surface area contributed by atoms with Crippen LogP contribution in [0.3, 0.4) is 0 Å². The van der Waals surface area contributed by atoms with Crippen molar-refractivity contribution >= 4 is 17.9 Å². The minimum Gasteiger partial charge on any atom is -0.376 e. The van der Waals surface area contributed by atoms with E-state index in [0.29, 0.717) is 18.7 Å². The van der Waals surface area contributed by atoms with Gasteiger partial charge in [0.05, 0.1) is 6.10 Å². The topological polar surface area (TPSA) is 58.6 Å². The Balaban J connectivity index is 1.94. The highest BCUT2D eigenvalue weighted by Crippen LogP contribution is 2.14. The van der Waals surface area contributed by atoms with Gasteiger partial charge in [0.1, 0.15) is 0 Å². The quantitative estimate of drug-likeness (QED) is 0.818. The average Bonchev–Trinajstić information content (AvgIpc) is 3.10. The summed E-state index contributed by atoms with van der Waals surface area (Å²) in [6, 6.07) is 7.13. The number of carbonyl (C=O) groups is 2. The summed E-state index contributed by atoms with van der Waals surface area (Å²) in [5.74, 6) is -0.135. The van der Waals surface area contributed by atoms with E-state index in [-0.39, 0.29) is 17.9 Å². The largest absolute Gasteiger partial charge is 0.376 e. The lowest BCUT2D eigenvalue weighted by molar-refractivity contribution is -0.127. The lowest BCUT2D eigenvalue weighted by Gasteiger charge is -2.22. The van der Waals surface area contributed by atoms with Crippen molar-refractivity contribution in [3.05, 3.63) is 41.5 Å². The molecule has 0 saturated carbocycles. The van der Waals surface area contributed by atoms with Crippen molar-refractivity contribution in [1.82, 2.24) is 10.2 Å². The number of hydrogen-bond acceptors (Lipinski definition) is 3. The predicted octanol–water partition coefficient (Wildman–Crippen LogP) is 2.09. The van der Waals surface area contributed by atoms with Gasteiger partial charge in [0.2, 0.25) is 5.91 Å². The van der Waals surface area contributed by atoms with E-state index in [1.54, 1.807) is 36.2 Å². The molecule has 0 radical (unpaired) electrons. The molecular formula is C18H24N2O3. The Morgan fingerprint density at radius 2 is 2.09 bits per heavy atom. The molecule has 0 aromatic heterocycles. The second-order valence-corrected chi connectivity index (χ2v) is 5.55. The third-order valence-corrected chi connectivity index (χ3v) is 3.96. The van der Waals surface area contributed by atoms with Crippen LogP contribution in [0.5, 0.6) is 0 Å². The first-order valence-electron chi connectivity index (χ1n) is 8.04. The van der Waals surface area contributed by atoms with Gasteiger partial charge in [-0.05, 0) is 43.5 Å². The fourth-order valence-electron chi connectivity index (χ4n) is 2.57. The molecular weight excluding hydrogens is 292 g/mol. The second kappa shape index (κ2) is 8.48. The molecule has 1 heterocycles. The van der Waals surface area contributed by atoms with Gasteiger partial charge in [-0.1, -0.05) is 12.1 Å². The van der Waals surface area contributed by atoms with Gasteiger partial charge in [0, 0.05) is 38.4 Å². The van der Waals surface area contributed by atoms with Gasteiger partial charge in [-0.15, -0.1) is 0 Å². The van der Waals surface area contributed by atoms with Crippen molar-refractivity contribution in [2.75, 3.05) is 26.7 Å². The van der Waals surface area contributed by atoms with Crippen molar-refractivity contribution < 1.29 is 14.3 Å². The molecule has 1 saturated heterocycles. The fraction of sp³-hybridized carbons (Fsp3) is 0.444. The highest BCUT2D eigenvalue weighted by Gasteiger charge is 2.20. The molecule has 0 unspecified atom stereocenters. The van der Waals surface area contributed by atoms with Crippen LogP contribution < -0.4 is 5.32 Å². The van der Waals surface area contributed by atoms with Crippen molar-refractivity contribution in [2.45, 2.75) is 25.9 Å². The Bertz CT molecular complexity index is 560. The molecule has 1 aromatic rings. The van der Waals surface area contributed by atoms with Gasteiger partial charge in [0.25, 0.3) is 5.91 Å². The monoisotopic (exact) mass is 316 g/mol. The number of amides is 2. The van der Waals surface area contributed by atoms with E-state index < -0.39 is 0 Å². The summed E-state index contributed by atoms with van der Waals surface area (Å²) in [4.78, 5) is 25.6. The Morgan fingerprint density at radius 1 is 1.35 bits per heavy atom. The van der Waals surface area contributed by atoms with Crippen LogP contribution >= 0.6 is 0 Å². The van der Waals surface area contributed by atoms with E-state index in [4.69, 9.17) is 4.74 Å². The minimum atomic E-state index is -0.120. The maximum absolute atomic E-state index is 12.3. The third-order valence-electron chi connectivity index (χ3n) is 3.96. The molecule has 1 N–H and O–H groups in total. The molecule has 23 heavy (non-hydrogen) atoms. The molecule has 5 nitrogen and oxygen atoms in total. The number of likely N-dealkylation sites (N-methyl/N-ethyl adjacent to an activating group) is 1. The number of benzene rings is 1. The first-order valence-corrected chi connectivity index (χ1v) is 8.04. The Kier molecular flexibility index (Phi) is 6.35. The van der Waals surface area contributed by atoms with Gasteiger partial charge in [-0.2, -0.15) is 0 Å². The Hall–Kier alpha value is -2.14. The van der Waals surface area contributed by atoms with Crippen LogP contribution in [0, 0.1) is 0 Å². The lowest BCUT2D eigenvalue weighted by Crippen LogP contribution is -2.36. The van der Waals surface area contributed by atoms with Crippen molar-refractivity contribution in [3.63, 3.8) is 0 Å². The number of hydrogen-bond donors (Lipinski definition) is 1. The molecule has 1 aliphatic rings. The van der Waals surface area contributed by atoms with Crippen LogP contribution in [0.15, 0.2) is 30.3 Å². The first kappa shape index (κ1) is 17.2. The van der Waals surface area contributed by atoms with E-state index in [1.165, 1.54) is 0 Å². The summed E-state index contributed by atoms with van der Waals surface area (Å²) in [7, 11) is 1.60. The highest BCUT2D eigenvalue weighted by atomic mass is 16.5. The summed E-state index contributed by atoms with van der Waals surface area (Å²) >= 11 is 0. The standard InChI is InChI=1S/C18H24N2O3/c1-3-20(13-16-5-4-12-23-16)17(21)11-8-14-6-9-15(10-7-14)18(22)19-2/h6-11,16H,3-5,12-13H2,1-2H3,(H,19,22)/b11-8-/t16-/m0/s1. The zero-order valence-corrected chi connectivity index (χ0v) is 13.7. The molecule has 124 valence electrons. The molecule has 0 aliphatic carbocycles. The van der Waals surface area contributed by atoms with Gasteiger partial charge in [-0.3, -0.25) is 9.59 Å². The molecule has 2 rings (SSSR count). The first-order chi connectivity index (χ1) is 11.1. The van der Waals surface area contributed by atoms with Crippen LogP contribution in [0.25, 0.3) is 6.08 Å². The van der Waals surface area contributed by atoms with Crippen molar-refractivity contribution in [2.24, 2.45) is 0 Å².